The summed E-state index contributed by atoms with van der Waals surface area (Å²) in [7, 11) is 0. The van der Waals surface area contributed by atoms with Crippen LogP contribution in [0.2, 0.25) is 0 Å². The molecule has 5 heteroatoms. The number of rotatable bonds is 2. The van der Waals surface area contributed by atoms with Gasteiger partial charge in [0.05, 0.1) is 5.69 Å². The number of aromatic nitrogens is 2. The molecular weight excluding hydrogens is 164 g/mol. The summed E-state index contributed by atoms with van der Waals surface area (Å²) in [6, 6.07) is 0. The van der Waals surface area contributed by atoms with Crippen LogP contribution in [0.25, 0.3) is 6.08 Å². The minimum Gasteiger partial charge on any atom is -0.478 e. The van der Waals surface area contributed by atoms with Crippen LogP contribution >= 0.6 is 12.2 Å². The van der Waals surface area contributed by atoms with Gasteiger partial charge in [-0.2, -0.15) is 0 Å². The summed E-state index contributed by atoms with van der Waals surface area (Å²) in [4.78, 5) is 15.5. The maximum absolute atomic E-state index is 10.0. The predicted molar refractivity (Wildman–Crippen MR) is 42.6 cm³/mol. The minimum absolute atomic E-state index is 0.482. The highest BCUT2D eigenvalue weighted by Gasteiger charge is 1.88. The van der Waals surface area contributed by atoms with Crippen LogP contribution in [0.15, 0.2) is 12.3 Å². The Bertz CT molecular complexity index is 336. The molecule has 0 spiro atoms. The number of aliphatic carboxylic acids is 1. The van der Waals surface area contributed by atoms with Gasteiger partial charge in [0, 0.05) is 12.3 Å². The van der Waals surface area contributed by atoms with E-state index in [9.17, 15) is 4.79 Å². The molecule has 0 aromatic carbocycles. The fraction of sp³-hybridized carbons (Fsp3) is 0. The Hall–Kier alpha value is -1.36. The highest BCUT2D eigenvalue weighted by Crippen LogP contribution is 1.95. The highest BCUT2D eigenvalue weighted by atomic mass is 32.1. The molecule has 58 valence electrons. The van der Waals surface area contributed by atoms with E-state index in [1.54, 1.807) is 6.20 Å². The lowest BCUT2D eigenvalue weighted by molar-refractivity contribution is -0.131. The highest BCUT2D eigenvalue weighted by molar-refractivity contribution is 7.71. The number of hydrogen-bond acceptors (Lipinski definition) is 2. The van der Waals surface area contributed by atoms with Crippen LogP contribution < -0.4 is 0 Å². The lowest BCUT2D eigenvalue weighted by atomic mass is 10.4. The van der Waals surface area contributed by atoms with E-state index in [1.807, 2.05) is 0 Å². The summed E-state index contributed by atoms with van der Waals surface area (Å²) in [6.07, 6.45) is 4.06. The summed E-state index contributed by atoms with van der Waals surface area (Å²) in [5.74, 6) is -0.981. The first kappa shape index (κ1) is 7.74. The number of nitrogens with one attached hydrogen (secondary N) is 2. The number of hydrogen-bond donors (Lipinski definition) is 3. The standard InChI is InChI=1S/C6H6N2O2S/c9-5(10)2-1-4-3-7-6(11)8-4/h1-3H,(H,9,10)(H2,7,8,11)/b2-1+. The van der Waals surface area contributed by atoms with Crippen molar-refractivity contribution < 1.29 is 9.90 Å². The van der Waals surface area contributed by atoms with E-state index >= 15 is 0 Å². The Morgan fingerprint density at radius 2 is 2.45 bits per heavy atom. The van der Waals surface area contributed by atoms with E-state index in [4.69, 9.17) is 17.3 Å². The monoisotopic (exact) mass is 170 g/mol. The minimum atomic E-state index is -0.981. The van der Waals surface area contributed by atoms with Crippen LogP contribution in [-0.2, 0) is 4.79 Å². The van der Waals surface area contributed by atoms with Gasteiger partial charge >= 0.3 is 5.97 Å². The van der Waals surface area contributed by atoms with Gasteiger partial charge in [-0.1, -0.05) is 0 Å². The number of H-pyrrole nitrogens is 2. The third-order valence-electron chi connectivity index (χ3n) is 1.02. The van der Waals surface area contributed by atoms with Crippen molar-refractivity contribution in [2.45, 2.75) is 0 Å². The molecule has 1 aromatic heterocycles. The number of carboxylic acids is 1. The lowest BCUT2D eigenvalue weighted by Crippen LogP contribution is -1.85. The Balaban J connectivity index is 2.79. The van der Waals surface area contributed by atoms with E-state index < -0.39 is 5.97 Å². The van der Waals surface area contributed by atoms with Crippen LogP contribution in [0.1, 0.15) is 5.69 Å². The van der Waals surface area contributed by atoms with Gasteiger partial charge in [-0.05, 0) is 18.3 Å². The molecule has 4 nitrogen and oxygen atoms in total. The van der Waals surface area contributed by atoms with E-state index in [-0.39, 0.29) is 0 Å². The third-order valence-corrected chi connectivity index (χ3v) is 1.24. The van der Waals surface area contributed by atoms with Gasteiger partial charge in [0.1, 0.15) is 0 Å². The molecule has 3 N–H and O–H groups in total. The first-order valence-corrected chi connectivity index (χ1v) is 3.28. The van der Waals surface area contributed by atoms with Crippen LogP contribution in [0.4, 0.5) is 0 Å². The number of carbonyl (C=O) groups is 1. The molecule has 11 heavy (non-hydrogen) atoms. The second-order valence-corrected chi connectivity index (χ2v) is 2.28. The van der Waals surface area contributed by atoms with E-state index in [2.05, 4.69) is 9.97 Å². The molecule has 0 fully saturated rings. The third kappa shape index (κ3) is 2.38. The number of carboxylic acid groups (broad SMARTS) is 1. The maximum atomic E-state index is 10.0. The van der Waals surface area contributed by atoms with Crippen molar-refractivity contribution in [3.8, 4) is 0 Å². The van der Waals surface area contributed by atoms with Gasteiger partial charge in [0.25, 0.3) is 0 Å². The Labute approximate surface area is 67.6 Å². The molecule has 0 aliphatic rings. The molecule has 0 aliphatic carbocycles. The summed E-state index contributed by atoms with van der Waals surface area (Å²) >= 11 is 4.72. The SMILES string of the molecule is O=C(O)/C=C/c1c[nH]c(=S)[nH]1. The van der Waals surface area contributed by atoms with Gasteiger partial charge in [-0.15, -0.1) is 0 Å². The van der Waals surface area contributed by atoms with Gasteiger partial charge in [-0.25, -0.2) is 4.79 Å². The normalized spacial score (nSPS) is 10.5. The van der Waals surface area contributed by atoms with Gasteiger partial charge < -0.3 is 15.1 Å². The molecule has 0 unspecified atom stereocenters. The topological polar surface area (TPSA) is 68.9 Å². The second-order valence-electron chi connectivity index (χ2n) is 1.87. The van der Waals surface area contributed by atoms with Crippen molar-refractivity contribution in [1.29, 1.82) is 0 Å². The Morgan fingerprint density at radius 3 is 2.91 bits per heavy atom. The molecular formula is C6H6N2O2S. The molecule has 0 amide bonds. The molecule has 0 saturated heterocycles. The van der Waals surface area contributed by atoms with Crippen LogP contribution in [0, 0.1) is 4.77 Å². The van der Waals surface area contributed by atoms with E-state index in [1.165, 1.54) is 6.08 Å². The van der Waals surface area contributed by atoms with Crippen LogP contribution in [0.5, 0.6) is 0 Å². The average molecular weight is 170 g/mol. The summed E-state index contributed by atoms with van der Waals surface area (Å²) in [5.41, 5.74) is 0.650. The zero-order valence-corrected chi connectivity index (χ0v) is 6.31. The molecule has 1 aromatic rings. The molecule has 0 radical (unpaired) electrons. The largest absolute Gasteiger partial charge is 0.478 e. The second kappa shape index (κ2) is 3.16. The fourth-order valence-electron chi connectivity index (χ4n) is 0.597. The smallest absolute Gasteiger partial charge is 0.328 e. The Morgan fingerprint density at radius 1 is 1.73 bits per heavy atom. The fourth-order valence-corrected chi connectivity index (χ4v) is 0.774. The lowest BCUT2D eigenvalue weighted by Gasteiger charge is -1.79. The zero-order valence-electron chi connectivity index (χ0n) is 5.50. The molecule has 0 bridgehead atoms. The van der Waals surface area contributed by atoms with E-state index in [0.717, 1.165) is 6.08 Å². The molecule has 0 saturated carbocycles. The van der Waals surface area contributed by atoms with E-state index in [0.29, 0.717) is 10.5 Å². The van der Waals surface area contributed by atoms with Crippen molar-refractivity contribution in [2.75, 3.05) is 0 Å². The Kier molecular flexibility index (Phi) is 2.22. The van der Waals surface area contributed by atoms with Crippen molar-refractivity contribution in [3.05, 3.63) is 22.7 Å². The van der Waals surface area contributed by atoms with Crippen molar-refractivity contribution >= 4 is 24.3 Å². The first-order chi connectivity index (χ1) is 5.18. The van der Waals surface area contributed by atoms with Crippen LogP contribution in [-0.4, -0.2) is 21.0 Å². The van der Waals surface area contributed by atoms with Crippen molar-refractivity contribution in [1.82, 2.24) is 9.97 Å². The maximum Gasteiger partial charge on any atom is 0.328 e. The van der Waals surface area contributed by atoms with Crippen molar-refractivity contribution in [3.63, 3.8) is 0 Å². The number of imidazole rings is 1. The van der Waals surface area contributed by atoms with Gasteiger partial charge in [0.15, 0.2) is 4.77 Å². The first-order valence-electron chi connectivity index (χ1n) is 2.87. The summed E-state index contributed by atoms with van der Waals surface area (Å²) < 4.78 is 0.482. The number of aromatic amines is 2. The average Bonchev–Trinajstić information content (AvgIpc) is 2.31. The van der Waals surface area contributed by atoms with Crippen LogP contribution in [0.3, 0.4) is 0 Å². The summed E-state index contributed by atoms with van der Waals surface area (Å²) in [5, 5.41) is 8.24. The summed E-state index contributed by atoms with van der Waals surface area (Å²) in [6.45, 7) is 0. The predicted octanol–water partition coefficient (Wildman–Crippen LogP) is 1.17. The molecule has 0 atom stereocenters. The quantitative estimate of drug-likeness (QED) is 0.461. The molecule has 0 aliphatic heterocycles. The van der Waals surface area contributed by atoms with Gasteiger partial charge in [-0.3, -0.25) is 0 Å². The zero-order chi connectivity index (χ0) is 8.27. The van der Waals surface area contributed by atoms with Crippen molar-refractivity contribution in [2.24, 2.45) is 0 Å². The molecule has 1 rings (SSSR count). The van der Waals surface area contributed by atoms with Gasteiger partial charge in [0.2, 0.25) is 0 Å². The molecule has 1 heterocycles.